The number of esters is 1. The minimum Gasteiger partial charge on any atom is -0.481 e. The molecule has 1 N–H and O–H groups in total. The first-order chi connectivity index (χ1) is 17.3. The predicted molar refractivity (Wildman–Crippen MR) is 134 cm³/mol. The molecule has 0 spiro atoms. The molecular weight excluding hydrogens is 482 g/mol. The first-order valence-electron chi connectivity index (χ1n) is 11.0. The maximum atomic E-state index is 12.5. The van der Waals surface area contributed by atoms with E-state index >= 15 is 0 Å². The molecule has 1 aliphatic rings. The topological polar surface area (TPSA) is 118 Å². The van der Waals surface area contributed by atoms with Crippen LogP contribution in [0.4, 0.5) is 5.69 Å². The highest BCUT2D eigenvalue weighted by Crippen LogP contribution is 2.30. The summed E-state index contributed by atoms with van der Waals surface area (Å²) in [5.41, 5.74) is 2.83. The molecule has 1 saturated heterocycles. The number of Topliss-reactive ketones (excluding diaryl/α,β-unsaturated/α-hetero) is 1. The molecule has 1 aliphatic heterocycles. The summed E-state index contributed by atoms with van der Waals surface area (Å²) in [4.78, 5) is 61.4. The van der Waals surface area contributed by atoms with Crippen LogP contribution in [-0.4, -0.2) is 52.3 Å². The maximum Gasteiger partial charge on any atom is 0.338 e. The average molecular weight is 504 g/mol. The summed E-state index contributed by atoms with van der Waals surface area (Å²) < 4.78 is 5.14. The number of carbonyl (C=O) groups is 5. The molecule has 1 heterocycles. The molecule has 8 nitrogen and oxygen atoms in total. The molecule has 1 unspecified atom stereocenters. The van der Waals surface area contributed by atoms with Crippen molar-refractivity contribution < 1.29 is 33.8 Å². The van der Waals surface area contributed by atoms with Crippen molar-refractivity contribution in [1.29, 1.82) is 0 Å². The van der Waals surface area contributed by atoms with Gasteiger partial charge >= 0.3 is 11.9 Å². The Morgan fingerprint density at radius 2 is 1.47 bits per heavy atom. The Hall–Kier alpha value is -4.24. The van der Waals surface area contributed by atoms with E-state index in [1.807, 2.05) is 42.5 Å². The van der Waals surface area contributed by atoms with Crippen molar-refractivity contribution in [2.75, 3.05) is 17.3 Å². The lowest BCUT2D eigenvalue weighted by molar-refractivity contribution is -0.134. The highest BCUT2D eigenvalue weighted by molar-refractivity contribution is 8.01. The third-order valence-electron chi connectivity index (χ3n) is 5.52. The molecule has 0 aromatic heterocycles. The zero-order valence-corrected chi connectivity index (χ0v) is 19.8. The molecule has 3 aromatic carbocycles. The summed E-state index contributed by atoms with van der Waals surface area (Å²) in [5, 5.41) is 8.03. The molecule has 0 aliphatic carbocycles. The summed E-state index contributed by atoms with van der Waals surface area (Å²) >= 11 is 0.900. The summed E-state index contributed by atoms with van der Waals surface area (Å²) in [6.07, 6.45) is -0.0883. The van der Waals surface area contributed by atoms with E-state index in [0.717, 1.165) is 27.8 Å². The molecule has 1 atom stereocenters. The van der Waals surface area contributed by atoms with Crippen molar-refractivity contribution in [3.05, 3.63) is 90.0 Å². The van der Waals surface area contributed by atoms with Gasteiger partial charge in [-0.3, -0.25) is 19.2 Å². The van der Waals surface area contributed by atoms with E-state index in [-0.39, 0.29) is 29.2 Å². The summed E-state index contributed by atoms with van der Waals surface area (Å²) in [6, 6.07) is 22.4. The van der Waals surface area contributed by atoms with E-state index in [1.54, 1.807) is 12.1 Å². The SMILES string of the molecule is O=C(O)CSC1CC(=O)N(c2ccc(C(=O)OCC(=O)c3ccc(-c4ccccc4)cc3)cc2)C1=O. The van der Waals surface area contributed by atoms with Crippen molar-refractivity contribution in [3.63, 3.8) is 0 Å². The van der Waals surface area contributed by atoms with Crippen LogP contribution in [0.5, 0.6) is 0 Å². The normalized spacial score (nSPS) is 15.1. The van der Waals surface area contributed by atoms with Crippen LogP contribution in [0.1, 0.15) is 27.1 Å². The molecule has 9 heteroatoms. The van der Waals surface area contributed by atoms with Crippen molar-refractivity contribution in [2.45, 2.75) is 11.7 Å². The molecule has 4 rings (SSSR count). The van der Waals surface area contributed by atoms with Crippen molar-refractivity contribution in [1.82, 2.24) is 0 Å². The highest BCUT2D eigenvalue weighted by atomic mass is 32.2. The molecule has 0 saturated carbocycles. The van der Waals surface area contributed by atoms with Gasteiger partial charge in [0.15, 0.2) is 12.4 Å². The summed E-state index contributed by atoms with van der Waals surface area (Å²) in [5.74, 6) is -3.35. The number of carboxylic acids is 1. The Kier molecular flexibility index (Phi) is 7.60. The first-order valence-corrected chi connectivity index (χ1v) is 12.0. The number of carbonyl (C=O) groups excluding carboxylic acids is 4. The van der Waals surface area contributed by atoms with Crippen LogP contribution in [0.3, 0.4) is 0 Å². The Morgan fingerprint density at radius 3 is 2.11 bits per heavy atom. The van der Waals surface area contributed by atoms with Gasteiger partial charge < -0.3 is 9.84 Å². The number of nitrogens with zero attached hydrogens (tertiary/aromatic N) is 1. The fourth-order valence-corrected chi connectivity index (χ4v) is 4.55. The van der Waals surface area contributed by atoms with Gasteiger partial charge in [-0.1, -0.05) is 54.6 Å². The highest BCUT2D eigenvalue weighted by Gasteiger charge is 2.40. The Labute approximate surface area is 210 Å². The van der Waals surface area contributed by atoms with Gasteiger partial charge in [0.25, 0.3) is 0 Å². The van der Waals surface area contributed by atoms with Crippen LogP contribution >= 0.6 is 11.8 Å². The van der Waals surface area contributed by atoms with E-state index < -0.39 is 35.6 Å². The first kappa shape index (κ1) is 24.9. The van der Waals surface area contributed by atoms with Crippen molar-refractivity contribution in [3.8, 4) is 11.1 Å². The number of ether oxygens (including phenoxy) is 1. The largest absolute Gasteiger partial charge is 0.481 e. The van der Waals surface area contributed by atoms with Crippen LogP contribution in [0.15, 0.2) is 78.9 Å². The number of thioether (sulfide) groups is 1. The third-order valence-corrected chi connectivity index (χ3v) is 6.71. The Morgan fingerprint density at radius 1 is 0.861 bits per heavy atom. The fourth-order valence-electron chi connectivity index (χ4n) is 3.70. The molecular formula is C27H21NO7S. The van der Waals surface area contributed by atoms with Crippen LogP contribution < -0.4 is 4.90 Å². The van der Waals surface area contributed by atoms with Gasteiger partial charge in [0.2, 0.25) is 11.8 Å². The predicted octanol–water partition coefficient (Wildman–Crippen LogP) is 3.84. The standard InChI is InChI=1S/C27H21NO7S/c29-22(19-8-6-18(7-9-19)17-4-2-1-3-5-17)15-35-27(34)20-10-12-21(13-11-20)28-24(30)14-23(26(28)33)36-16-25(31)32/h1-13,23H,14-16H2,(H,31,32). The summed E-state index contributed by atoms with van der Waals surface area (Å²) in [7, 11) is 0. The number of amides is 2. The maximum absolute atomic E-state index is 12.5. The number of hydrogen-bond acceptors (Lipinski definition) is 7. The molecule has 0 radical (unpaired) electrons. The van der Waals surface area contributed by atoms with Gasteiger partial charge in [-0.15, -0.1) is 11.8 Å². The molecule has 0 bridgehead atoms. The lowest BCUT2D eigenvalue weighted by Crippen LogP contribution is -2.31. The van der Waals surface area contributed by atoms with E-state index in [4.69, 9.17) is 9.84 Å². The van der Waals surface area contributed by atoms with Gasteiger partial charge in [-0.05, 0) is 35.4 Å². The number of anilines is 1. The van der Waals surface area contributed by atoms with Gasteiger partial charge in [0.05, 0.1) is 22.3 Å². The second kappa shape index (κ2) is 11.0. The fraction of sp³-hybridized carbons (Fsp3) is 0.148. The van der Waals surface area contributed by atoms with E-state index in [2.05, 4.69) is 0 Å². The van der Waals surface area contributed by atoms with Crippen molar-refractivity contribution in [2.24, 2.45) is 0 Å². The Balaban J connectivity index is 1.33. The van der Waals surface area contributed by atoms with Crippen molar-refractivity contribution >= 4 is 47.0 Å². The zero-order valence-electron chi connectivity index (χ0n) is 19.0. The van der Waals surface area contributed by atoms with Gasteiger partial charge in [0.1, 0.15) is 0 Å². The number of benzene rings is 3. The average Bonchev–Trinajstić information content (AvgIpc) is 3.19. The molecule has 182 valence electrons. The number of rotatable bonds is 9. The molecule has 36 heavy (non-hydrogen) atoms. The smallest absolute Gasteiger partial charge is 0.338 e. The minimum atomic E-state index is -1.07. The number of carboxylic acid groups (broad SMARTS) is 1. The Bertz CT molecular complexity index is 1300. The molecule has 3 aromatic rings. The van der Waals surface area contributed by atoms with Gasteiger partial charge in [-0.25, -0.2) is 9.69 Å². The molecule has 1 fully saturated rings. The molecule has 2 amide bonds. The van der Waals surface area contributed by atoms with E-state index in [0.29, 0.717) is 5.56 Å². The lowest BCUT2D eigenvalue weighted by Gasteiger charge is -2.15. The van der Waals surface area contributed by atoms with Crippen LogP contribution in [0, 0.1) is 0 Å². The van der Waals surface area contributed by atoms with E-state index in [1.165, 1.54) is 24.3 Å². The minimum absolute atomic E-state index is 0.0883. The number of hydrogen-bond donors (Lipinski definition) is 1. The quantitative estimate of drug-likeness (QED) is 0.266. The van der Waals surface area contributed by atoms with Gasteiger partial charge in [0, 0.05) is 12.0 Å². The van der Waals surface area contributed by atoms with E-state index in [9.17, 15) is 24.0 Å². The number of ketones is 1. The van der Waals surface area contributed by atoms with Gasteiger partial charge in [-0.2, -0.15) is 0 Å². The van der Waals surface area contributed by atoms with Crippen LogP contribution in [0.2, 0.25) is 0 Å². The third kappa shape index (κ3) is 5.69. The zero-order chi connectivity index (χ0) is 25.7. The van der Waals surface area contributed by atoms with Crippen LogP contribution in [-0.2, 0) is 19.1 Å². The monoisotopic (exact) mass is 503 g/mol. The number of imide groups is 1. The van der Waals surface area contributed by atoms with Crippen LogP contribution in [0.25, 0.3) is 11.1 Å². The summed E-state index contributed by atoms with van der Waals surface area (Å²) in [6.45, 7) is -0.434. The second-order valence-electron chi connectivity index (χ2n) is 7.95. The number of aliphatic carboxylic acids is 1. The second-order valence-corrected chi connectivity index (χ2v) is 9.15. The lowest BCUT2D eigenvalue weighted by atomic mass is 10.0.